The highest BCUT2D eigenvalue weighted by Gasteiger charge is 2.31. The van der Waals surface area contributed by atoms with E-state index in [-0.39, 0.29) is 30.6 Å². The summed E-state index contributed by atoms with van der Waals surface area (Å²) in [6.07, 6.45) is -4.78. The van der Waals surface area contributed by atoms with E-state index in [1.54, 1.807) is 6.92 Å². The van der Waals surface area contributed by atoms with Gasteiger partial charge < -0.3 is 15.8 Å². The number of ether oxygens (including phenoxy) is 1. The van der Waals surface area contributed by atoms with Crippen LogP contribution in [0.5, 0.6) is 5.75 Å². The molecule has 0 saturated heterocycles. The summed E-state index contributed by atoms with van der Waals surface area (Å²) in [6.45, 7) is 1.93. The quantitative estimate of drug-likeness (QED) is 0.894. The van der Waals surface area contributed by atoms with Crippen LogP contribution < -0.4 is 15.8 Å². The predicted octanol–water partition coefficient (Wildman–Crippen LogP) is 2.08. The third-order valence-corrected chi connectivity index (χ3v) is 2.06. The van der Waals surface area contributed by atoms with Gasteiger partial charge in [0.2, 0.25) is 0 Å². The number of rotatable bonds is 4. The van der Waals surface area contributed by atoms with Crippen molar-refractivity contribution in [3.8, 4) is 5.75 Å². The van der Waals surface area contributed by atoms with Crippen molar-refractivity contribution in [2.45, 2.75) is 19.3 Å². The topological polar surface area (TPSA) is 64.3 Å². The number of carbonyl (C=O) groups excluding carboxylic acids is 1. The summed E-state index contributed by atoms with van der Waals surface area (Å²) in [4.78, 5) is 11.6. The van der Waals surface area contributed by atoms with Crippen molar-refractivity contribution in [3.63, 3.8) is 0 Å². The Labute approximate surface area is 114 Å². The van der Waals surface area contributed by atoms with E-state index in [9.17, 15) is 18.0 Å². The summed E-state index contributed by atoms with van der Waals surface area (Å²) >= 11 is 0. The molecular formula is C11H14ClF3N2O2. The molecule has 4 nitrogen and oxygen atoms in total. The Bertz CT molecular complexity index is 427. The van der Waals surface area contributed by atoms with E-state index in [2.05, 4.69) is 10.1 Å². The lowest BCUT2D eigenvalue weighted by atomic mass is 10.2. The van der Waals surface area contributed by atoms with E-state index in [1.165, 1.54) is 12.1 Å². The highest BCUT2D eigenvalue weighted by atomic mass is 35.5. The van der Waals surface area contributed by atoms with Crippen molar-refractivity contribution in [3.05, 3.63) is 29.8 Å². The standard InChI is InChI=1S/C11H13F3N2O2.ClH/c1-7(6-15)16-10(17)8-3-2-4-9(5-8)18-11(12,13)14;/h2-5,7H,6,15H2,1H3,(H,16,17);1H/t7-;/m1./s1. The number of alkyl halides is 3. The summed E-state index contributed by atoms with van der Waals surface area (Å²) in [5.74, 6) is -0.934. The summed E-state index contributed by atoms with van der Waals surface area (Å²) in [5, 5.41) is 2.54. The molecular weight excluding hydrogens is 285 g/mol. The molecule has 1 aromatic carbocycles. The highest BCUT2D eigenvalue weighted by molar-refractivity contribution is 5.94. The van der Waals surface area contributed by atoms with Crippen LogP contribution in [0.3, 0.4) is 0 Å². The summed E-state index contributed by atoms with van der Waals surface area (Å²) in [6, 6.07) is 4.58. The second-order valence-corrected chi connectivity index (χ2v) is 3.69. The van der Waals surface area contributed by atoms with Gasteiger partial charge in [-0.3, -0.25) is 4.79 Å². The fourth-order valence-corrected chi connectivity index (χ4v) is 1.20. The van der Waals surface area contributed by atoms with Crippen LogP contribution in [0.4, 0.5) is 13.2 Å². The lowest BCUT2D eigenvalue weighted by Gasteiger charge is -2.13. The van der Waals surface area contributed by atoms with Crippen LogP contribution in [0.15, 0.2) is 24.3 Å². The predicted molar refractivity (Wildman–Crippen MR) is 66.4 cm³/mol. The van der Waals surface area contributed by atoms with Gasteiger partial charge in [0.15, 0.2) is 0 Å². The normalized spacial score (nSPS) is 12.3. The molecule has 0 heterocycles. The van der Waals surface area contributed by atoms with Gasteiger partial charge in [0.05, 0.1) is 0 Å². The maximum atomic E-state index is 12.0. The zero-order valence-corrected chi connectivity index (χ0v) is 10.8. The first-order valence-corrected chi connectivity index (χ1v) is 5.18. The Morgan fingerprint density at radius 2 is 2.11 bits per heavy atom. The number of halogens is 4. The largest absolute Gasteiger partial charge is 0.573 e. The molecule has 0 aliphatic carbocycles. The Hall–Kier alpha value is -1.47. The van der Waals surface area contributed by atoms with Crippen LogP contribution in [0.2, 0.25) is 0 Å². The van der Waals surface area contributed by atoms with Gasteiger partial charge in [-0.2, -0.15) is 0 Å². The Balaban J connectivity index is 0.00000324. The molecule has 19 heavy (non-hydrogen) atoms. The molecule has 1 rings (SSSR count). The van der Waals surface area contributed by atoms with Crippen LogP contribution in [-0.2, 0) is 0 Å². The molecule has 1 amide bonds. The van der Waals surface area contributed by atoms with Gasteiger partial charge in [0, 0.05) is 18.2 Å². The summed E-state index contributed by atoms with van der Waals surface area (Å²) in [5.41, 5.74) is 5.40. The fourth-order valence-electron chi connectivity index (χ4n) is 1.20. The van der Waals surface area contributed by atoms with Crippen LogP contribution >= 0.6 is 12.4 Å². The van der Waals surface area contributed by atoms with Crippen LogP contribution in [-0.4, -0.2) is 24.9 Å². The second-order valence-electron chi connectivity index (χ2n) is 3.69. The van der Waals surface area contributed by atoms with Crippen molar-refractivity contribution >= 4 is 18.3 Å². The zero-order valence-electron chi connectivity index (χ0n) is 10.0. The number of hydrogen-bond acceptors (Lipinski definition) is 3. The molecule has 0 aromatic heterocycles. The van der Waals surface area contributed by atoms with E-state index in [1.807, 2.05) is 0 Å². The molecule has 0 bridgehead atoms. The highest BCUT2D eigenvalue weighted by Crippen LogP contribution is 2.23. The number of hydrogen-bond donors (Lipinski definition) is 2. The first kappa shape index (κ1) is 17.5. The van der Waals surface area contributed by atoms with Gasteiger partial charge in [-0.15, -0.1) is 25.6 Å². The molecule has 1 atom stereocenters. The molecule has 0 fully saturated rings. The lowest BCUT2D eigenvalue weighted by Crippen LogP contribution is -2.37. The van der Waals surface area contributed by atoms with Crippen molar-refractivity contribution in [2.75, 3.05) is 6.54 Å². The summed E-state index contributed by atoms with van der Waals surface area (Å²) in [7, 11) is 0. The molecule has 0 saturated carbocycles. The molecule has 1 aromatic rings. The molecule has 0 aliphatic rings. The maximum Gasteiger partial charge on any atom is 0.573 e. The molecule has 108 valence electrons. The first-order valence-electron chi connectivity index (χ1n) is 5.18. The monoisotopic (exact) mass is 298 g/mol. The van der Waals surface area contributed by atoms with Crippen molar-refractivity contribution in [1.82, 2.24) is 5.32 Å². The van der Waals surface area contributed by atoms with Gasteiger partial charge >= 0.3 is 6.36 Å². The second kappa shape index (κ2) is 7.20. The fraction of sp³-hybridized carbons (Fsp3) is 0.364. The average molecular weight is 299 g/mol. The van der Waals surface area contributed by atoms with Crippen molar-refractivity contribution in [1.29, 1.82) is 0 Å². The van der Waals surface area contributed by atoms with E-state index in [4.69, 9.17) is 5.73 Å². The zero-order chi connectivity index (χ0) is 13.8. The van der Waals surface area contributed by atoms with E-state index < -0.39 is 18.0 Å². The van der Waals surface area contributed by atoms with Crippen LogP contribution in [0.25, 0.3) is 0 Å². The van der Waals surface area contributed by atoms with Gasteiger partial charge in [0.25, 0.3) is 5.91 Å². The average Bonchev–Trinajstić information content (AvgIpc) is 2.26. The van der Waals surface area contributed by atoms with Crippen LogP contribution in [0, 0.1) is 0 Å². The molecule has 0 radical (unpaired) electrons. The number of carbonyl (C=O) groups is 1. The third-order valence-electron chi connectivity index (χ3n) is 2.06. The minimum Gasteiger partial charge on any atom is -0.406 e. The van der Waals surface area contributed by atoms with Crippen molar-refractivity contribution in [2.24, 2.45) is 5.73 Å². The summed E-state index contributed by atoms with van der Waals surface area (Å²) < 4.78 is 39.7. The van der Waals surface area contributed by atoms with Gasteiger partial charge in [-0.25, -0.2) is 0 Å². The number of benzene rings is 1. The molecule has 3 N–H and O–H groups in total. The van der Waals surface area contributed by atoms with E-state index in [0.717, 1.165) is 12.1 Å². The van der Waals surface area contributed by atoms with E-state index >= 15 is 0 Å². The SMILES string of the molecule is C[C@H](CN)NC(=O)c1cccc(OC(F)(F)F)c1.Cl. The molecule has 0 spiro atoms. The Kier molecular flexibility index (Phi) is 6.64. The van der Waals surface area contributed by atoms with Gasteiger partial charge in [-0.1, -0.05) is 6.07 Å². The van der Waals surface area contributed by atoms with Crippen molar-refractivity contribution < 1.29 is 22.7 Å². The van der Waals surface area contributed by atoms with Crippen LogP contribution in [0.1, 0.15) is 17.3 Å². The third kappa shape index (κ3) is 6.30. The first-order chi connectivity index (χ1) is 8.31. The minimum atomic E-state index is -4.78. The molecule has 8 heteroatoms. The van der Waals surface area contributed by atoms with Gasteiger partial charge in [0.1, 0.15) is 5.75 Å². The lowest BCUT2D eigenvalue weighted by molar-refractivity contribution is -0.274. The number of nitrogens with two attached hydrogens (primary N) is 1. The minimum absolute atomic E-state index is 0. The number of nitrogens with one attached hydrogen (secondary N) is 1. The maximum absolute atomic E-state index is 12.0. The molecule has 0 unspecified atom stereocenters. The number of amides is 1. The smallest absolute Gasteiger partial charge is 0.406 e. The Morgan fingerprint density at radius 3 is 2.63 bits per heavy atom. The Morgan fingerprint density at radius 1 is 1.47 bits per heavy atom. The van der Waals surface area contributed by atoms with Gasteiger partial charge in [-0.05, 0) is 25.1 Å². The molecule has 0 aliphatic heterocycles. The van der Waals surface area contributed by atoms with E-state index in [0.29, 0.717) is 0 Å².